The van der Waals surface area contributed by atoms with Gasteiger partial charge < -0.3 is 10.3 Å². The van der Waals surface area contributed by atoms with Crippen molar-refractivity contribution in [3.8, 4) is 0 Å². The molecule has 2 N–H and O–H groups in total. The summed E-state index contributed by atoms with van der Waals surface area (Å²) in [6.07, 6.45) is 4.95. The number of H-pyrrole nitrogens is 1. The van der Waals surface area contributed by atoms with E-state index in [0.29, 0.717) is 23.0 Å². The molecule has 1 aromatic heterocycles. The van der Waals surface area contributed by atoms with E-state index in [-0.39, 0.29) is 5.91 Å². The van der Waals surface area contributed by atoms with Gasteiger partial charge in [-0.3, -0.25) is 4.79 Å². The summed E-state index contributed by atoms with van der Waals surface area (Å²) < 4.78 is 0. The number of amides is 1. The van der Waals surface area contributed by atoms with E-state index in [0.717, 1.165) is 30.3 Å². The van der Waals surface area contributed by atoms with Crippen LogP contribution in [0.4, 0.5) is 0 Å². The molecule has 0 atom stereocenters. The lowest BCUT2D eigenvalue weighted by Crippen LogP contribution is -2.25. The second-order valence-corrected chi connectivity index (χ2v) is 6.88. The van der Waals surface area contributed by atoms with Gasteiger partial charge in [0.1, 0.15) is 0 Å². The van der Waals surface area contributed by atoms with E-state index in [1.54, 1.807) is 6.07 Å². The summed E-state index contributed by atoms with van der Waals surface area (Å²) in [5, 5.41) is 5.32. The lowest BCUT2D eigenvalue weighted by molar-refractivity contribution is -0.121. The van der Waals surface area contributed by atoms with Crippen LogP contribution in [-0.4, -0.2) is 17.4 Å². The van der Waals surface area contributed by atoms with Crippen LogP contribution in [0.15, 0.2) is 48.7 Å². The second kappa shape index (κ2) is 8.41. The van der Waals surface area contributed by atoms with Gasteiger partial charge in [0.05, 0.1) is 10.0 Å². The highest BCUT2D eigenvalue weighted by molar-refractivity contribution is 6.42. The van der Waals surface area contributed by atoms with Gasteiger partial charge in [-0.05, 0) is 48.6 Å². The zero-order valence-electron chi connectivity index (χ0n) is 13.8. The molecule has 1 heterocycles. The monoisotopic (exact) mass is 374 g/mol. The fourth-order valence-corrected chi connectivity index (χ4v) is 3.23. The van der Waals surface area contributed by atoms with E-state index in [9.17, 15) is 4.79 Å². The number of halogens is 2. The number of aromatic nitrogens is 1. The van der Waals surface area contributed by atoms with Gasteiger partial charge in [0.15, 0.2) is 0 Å². The zero-order valence-corrected chi connectivity index (χ0v) is 15.3. The summed E-state index contributed by atoms with van der Waals surface area (Å²) in [6.45, 7) is 0.646. The minimum atomic E-state index is 0.0832. The van der Waals surface area contributed by atoms with Crippen LogP contribution in [0.3, 0.4) is 0 Å². The number of fused-ring (bicyclic) bond motifs is 1. The Labute approximate surface area is 157 Å². The van der Waals surface area contributed by atoms with Crippen LogP contribution in [0.2, 0.25) is 10.0 Å². The molecular weight excluding hydrogens is 355 g/mol. The van der Waals surface area contributed by atoms with Crippen LogP contribution in [0, 0.1) is 0 Å². The number of carbonyl (C=O) groups is 1. The van der Waals surface area contributed by atoms with Crippen molar-refractivity contribution in [3.63, 3.8) is 0 Å². The van der Waals surface area contributed by atoms with Gasteiger partial charge in [0.25, 0.3) is 0 Å². The Kier molecular flexibility index (Phi) is 6.00. The zero-order chi connectivity index (χ0) is 17.6. The van der Waals surface area contributed by atoms with Crippen molar-refractivity contribution in [1.29, 1.82) is 0 Å². The van der Waals surface area contributed by atoms with Crippen molar-refractivity contribution in [2.24, 2.45) is 0 Å². The molecule has 0 bridgehead atoms. The van der Waals surface area contributed by atoms with E-state index in [4.69, 9.17) is 23.2 Å². The summed E-state index contributed by atoms with van der Waals surface area (Å²) in [5.41, 5.74) is 3.46. The summed E-state index contributed by atoms with van der Waals surface area (Å²) in [6, 6.07) is 13.8. The quantitative estimate of drug-likeness (QED) is 0.589. The minimum Gasteiger partial charge on any atom is -0.361 e. The first-order valence-electron chi connectivity index (χ1n) is 8.39. The van der Waals surface area contributed by atoms with Crippen molar-refractivity contribution in [2.45, 2.75) is 25.7 Å². The molecule has 25 heavy (non-hydrogen) atoms. The van der Waals surface area contributed by atoms with Crippen LogP contribution in [0.5, 0.6) is 0 Å². The van der Waals surface area contributed by atoms with Gasteiger partial charge >= 0.3 is 0 Å². The number of aromatic amines is 1. The fraction of sp³-hybridized carbons (Fsp3) is 0.250. The highest BCUT2D eigenvalue weighted by Crippen LogP contribution is 2.23. The molecule has 0 aliphatic heterocycles. The molecule has 0 radical (unpaired) electrons. The van der Waals surface area contributed by atoms with Gasteiger partial charge in [-0.1, -0.05) is 47.5 Å². The van der Waals surface area contributed by atoms with E-state index < -0.39 is 0 Å². The van der Waals surface area contributed by atoms with E-state index in [1.807, 2.05) is 30.5 Å². The number of benzene rings is 2. The molecule has 3 nitrogen and oxygen atoms in total. The highest BCUT2D eigenvalue weighted by Gasteiger charge is 2.05. The third-order valence-corrected chi connectivity index (χ3v) is 4.98. The lowest BCUT2D eigenvalue weighted by atomic mass is 10.1. The van der Waals surface area contributed by atoms with Gasteiger partial charge in [-0.15, -0.1) is 0 Å². The summed E-state index contributed by atoms with van der Waals surface area (Å²) in [4.78, 5) is 15.2. The number of hydrogen-bond donors (Lipinski definition) is 2. The number of rotatable bonds is 7. The van der Waals surface area contributed by atoms with Crippen LogP contribution in [0.1, 0.15) is 24.0 Å². The number of hydrogen-bond acceptors (Lipinski definition) is 1. The van der Waals surface area contributed by atoms with Gasteiger partial charge in [0.2, 0.25) is 5.91 Å². The number of carbonyl (C=O) groups excluding carboxylic acids is 1. The predicted molar refractivity (Wildman–Crippen MR) is 104 cm³/mol. The molecule has 0 saturated heterocycles. The van der Waals surface area contributed by atoms with Gasteiger partial charge in [-0.25, -0.2) is 0 Å². The maximum absolute atomic E-state index is 12.0. The maximum Gasteiger partial charge on any atom is 0.220 e. The molecule has 3 aromatic rings. The molecule has 0 spiro atoms. The molecule has 2 aromatic carbocycles. The average molecular weight is 375 g/mol. The smallest absolute Gasteiger partial charge is 0.220 e. The van der Waals surface area contributed by atoms with Crippen molar-refractivity contribution >= 4 is 40.0 Å². The normalized spacial score (nSPS) is 11.0. The molecule has 0 aliphatic rings. The largest absolute Gasteiger partial charge is 0.361 e. The summed E-state index contributed by atoms with van der Waals surface area (Å²) in [5.74, 6) is 0.0832. The van der Waals surface area contributed by atoms with Crippen LogP contribution in [0.25, 0.3) is 10.9 Å². The molecule has 3 rings (SSSR count). The first-order chi connectivity index (χ1) is 12.1. The minimum absolute atomic E-state index is 0.0832. The topological polar surface area (TPSA) is 44.9 Å². The standard InChI is InChI=1S/C20H20Cl2N2O/c21-17-9-8-14(12-18(17)22)4-3-7-20(25)23-11-10-15-13-24-19-6-2-1-5-16(15)19/h1-2,5-6,8-9,12-13,24H,3-4,7,10-11H2,(H,23,25). The Balaban J connectivity index is 1.40. The first-order valence-corrected chi connectivity index (χ1v) is 9.14. The van der Waals surface area contributed by atoms with E-state index in [1.165, 1.54) is 10.9 Å². The Bertz CT molecular complexity index is 873. The Hall–Kier alpha value is -1.97. The van der Waals surface area contributed by atoms with E-state index >= 15 is 0 Å². The van der Waals surface area contributed by atoms with Crippen molar-refractivity contribution in [1.82, 2.24) is 10.3 Å². The van der Waals surface area contributed by atoms with Crippen LogP contribution < -0.4 is 5.32 Å². The Morgan fingerprint density at radius 2 is 1.88 bits per heavy atom. The molecule has 0 fully saturated rings. The number of nitrogens with one attached hydrogen (secondary N) is 2. The SMILES string of the molecule is O=C(CCCc1ccc(Cl)c(Cl)c1)NCCc1c[nH]c2ccccc12. The number of aryl methyl sites for hydroxylation is 1. The summed E-state index contributed by atoms with van der Waals surface area (Å²) >= 11 is 11.9. The number of para-hydroxylation sites is 1. The van der Waals surface area contributed by atoms with Crippen LogP contribution >= 0.6 is 23.2 Å². The molecule has 0 saturated carbocycles. The van der Waals surface area contributed by atoms with Crippen molar-refractivity contribution in [3.05, 3.63) is 69.8 Å². The van der Waals surface area contributed by atoms with E-state index in [2.05, 4.69) is 22.4 Å². The molecule has 130 valence electrons. The second-order valence-electron chi connectivity index (χ2n) is 6.06. The predicted octanol–water partition coefficient (Wildman–Crippen LogP) is 5.16. The molecular formula is C20H20Cl2N2O. The first kappa shape index (κ1) is 17.8. The molecule has 1 amide bonds. The average Bonchev–Trinajstić information content (AvgIpc) is 3.01. The Morgan fingerprint density at radius 1 is 1.04 bits per heavy atom. The molecule has 5 heteroatoms. The van der Waals surface area contributed by atoms with Gasteiger partial charge in [-0.2, -0.15) is 0 Å². The third-order valence-electron chi connectivity index (χ3n) is 4.24. The van der Waals surface area contributed by atoms with Crippen LogP contribution in [-0.2, 0) is 17.6 Å². The molecule has 0 aliphatic carbocycles. The summed E-state index contributed by atoms with van der Waals surface area (Å²) in [7, 11) is 0. The third kappa shape index (κ3) is 4.77. The Morgan fingerprint density at radius 3 is 2.72 bits per heavy atom. The van der Waals surface area contributed by atoms with Gasteiger partial charge in [0, 0.05) is 30.1 Å². The fourth-order valence-electron chi connectivity index (χ4n) is 2.91. The lowest BCUT2D eigenvalue weighted by Gasteiger charge is -2.06. The van der Waals surface area contributed by atoms with Crippen molar-refractivity contribution < 1.29 is 4.79 Å². The highest BCUT2D eigenvalue weighted by atomic mass is 35.5. The van der Waals surface area contributed by atoms with Crippen molar-refractivity contribution in [2.75, 3.05) is 6.54 Å². The maximum atomic E-state index is 12.0. The molecule has 0 unspecified atom stereocenters.